The predicted octanol–water partition coefficient (Wildman–Crippen LogP) is 5.37. The molecule has 3 aromatic rings. The number of aryl methyl sites for hydroxylation is 2. The fourth-order valence-electron chi connectivity index (χ4n) is 3.85. The van der Waals surface area contributed by atoms with E-state index in [9.17, 15) is 9.59 Å². The van der Waals surface area contributed by atoms with Crippen LogP contribution in [-0.2, 0) is 22.4 Å². The molecule has 0 fully saturated rings. The van der Waals surface area contributed by atoms with Crippen LogP contribution in [0.1, 0.15) is 57.0 Å². The summed E-state index contributed by atoms with van der Waals surface area (Å²) in [7, 11) is 0. The average Bonchev–Trinajstić information content (AvgIpc) is 3.10. The Morgan fingerprint density at radius 1 is 1.12 bits per heavy atom. The topological polar surface area (TPSA) is 99.3 Å². The van der Waals surface area contributed by atoms with Crippen molar-refractivity contribution >= 4 is 40.4 Å². The molecule has 0 bridgehead atoms. The summed E-state index contributed by atoms with van der Waals surface area (Å²) in [4.78, 5) is 29.6. The summed E-state index contributed by atoms with van der Waals surface area (Å²) in [6, 6.07) is 10.4. The lowest BCUT2D eigenvalue weighted by Crippen LogP contribution is -2.20. The molecule has 7 nitrogen and oxygen atoms in total. The fraction of sp³-hybridized carbons (Fsp3) is 0.360. The molecular formula is C25H28ClN5O2. The minimum absolute atomic E-state index is 0.155. The van der Waals surface area contributed by atoms with E-state index in [0.29, 0.717) is 16.9 Å². The predicted molar refractivity (Wildman–Crippen MR) is 130 cm³/mol. The zero-order valence-electron chi connectivity index (χ0n) is 19.1. The Bertz CT molecular complexity index is 1210. The van der Waals surface area contributed by atoms with E-state index in [4.69, 9.17) is 21.8 Å². The minimum atomic E-state index is -0.217. The highest BCUT2D eigenvalue weighted by molar-refractivity contribution is 6.32. The molecule has 8 heteroatoms. The van der Waals surface area contributed by atoms with Crippen molar-refractivity contribution in [2.75, 3.05) is 10.6 Å². The third-order valence-electron chi connectivity index (χ3n) is 5.35. The molecule has 2 N–H and O–H groups in total. The maximum atomic E-state index is 12.5. The molecule has 0 aliphatic heterocycles. The second kappa shape index (κ2) is 11.0. The standard InChI is InChI=1S/C25H28ClN5O2/c1-4-6-21-22(5-2)31-10-9-19(14-23(31)30-21)29-25(33)12-16(3)11-24(32)28-18-8-7-17(15-27)20(26)13-18/h7-10,13-14,16H,4-6,11-12H2,1-3H3,(H,28,32)(H,29,33). The molecule has 3 rings (SSSR count). The highest BCUT2D eigenvalue weighted by atomic mass is 35.5. The van der Waals surface area contributed by atoms with Crippen molar-refractivity contribution in [3.05, 3.63) is 58.5 Å². The summed E-state index contributed by atoms with van der Waals surface area (Å²) < 4.78 is 2.07. The molecule has 0 saturated carbocycles. The molecule has 1 atom stereocenters. The van der Waals surface area contributed by atoms with Gasteiger partial charge in [0.05, 0.1) is 16.3 Å². The summed E-state index contributed by atoms with van der Waals surface area (Å²) in [5.74, 6) is -0.528. The largest absolute Gasteiger partial charge is 0.326 e. The highest BCUT2D eigenvalue weighted by Crippen LogP contribution is 2.22. The molecule has 0 spiro atoms. The van der Waals surface area contributed by atoms with Gasteiger partial charge in [0.1, 0.15) is 11.7 Å². The van der Waals surface area contributed by atoms with Crippen molar-refractivity contribution < 1.29 is 9.59 Å². The minimum Gasteiger partial charge on any atom is -0.326 e. The van der Waals surface area contributed by atoms with Gasteiger partial charge in [-0.05, 0) is 43.0 Å². The van der Waals surface area contributed by atoms with E-state index in [1.165, 1.54) is 11.8 Å². The zero-order valence-corrected chi connectivity index (χ0v) is 19.9. The molecule has 2 aromatic heterocycles. The molecule has 33 heavy (non-hydrogen) atoms. The van der Waals surface area contributed by atoms with Gasteiger partial charge in [0.2, 0.25) is 11.8 Å². The number of pyridine rings is 1. The van der Waals surface area contributed by atoms with Gasteiger partial charge >= 0.3 is 0 Å². The first-order chi connectivity index (χ1) is 15.8. The molecule has 0 saturated heterocycles. The van der Waals surface area contributed by atoms with Gasteiger partial charge in [-0.15, -0.1) is 0 Å². The Hall–Kier alpha value is -3.37. The van der Waals surface area contributed by atoms with Crippen LogP contribution in [0.25, 0.3) is 5.65 Å². The number of rotatable bonds is 9. The van der Waals surface area contributed by atoms with E-state index in [1.54, 1.807) is 12.1 Å². The number of fused-ring (bicyclic) bond motifs is 1. The number of hydrogen-bond donors (Lipinski definition) is 2. The first-order valence-corrected chi connectivity index (χ1v) is 11.5. The lowest BCUT2D eigenvalue weighted by atomic mass is 10.0. The summed E-state index contributed by atoms with van der Waals surface area (Å²) in [6.45, 7) is 6.11. The molecule has 0 aliphatic rings. The van der Waals surface area contributed by atoms with Gasteiger partial charge < -0.3 is 15.0 Å². The Morgan fingerprint density at radius 2 is 1.79 bits per heavy atom. The first kappa shape index (κ1) is 24.3. The number of halogens is 1. The van der Waals surface area contributed by atoms with E-state index < -0.39 is 0 Å². The van der Waals surface area contributed by atoms with Gasteiger partial charge in [0.15, 0.2) is 0 Å². The van der Waals surface area contributed by atoms with Crippen LogP contribution in [0.2, 0.25) is 5.02 Å². The number of benzene rings is 1. The maximum Gasteiger partial charge on any atom is 0.224 e. The number of carbonyl (C=O) groups is 2. The number of anilines is 2. The summed E-state index contributed by atoms with van der Waals surface area (Å²) in [5, 5.41) is 14.9. The number of aromatic nitrogens is 2. The Morgan fingerprint density at radius 3 is 2.36 bits per heavy atom. The van der Waals surface area contributed by atoms with Crippen LogP contribution in [0.15, 0.2) is 36.5 Å². The second-order valence-corrected chi connectivity index (χ2v) is 8.58. The van der Waals surface area contributed by atoms with Crippen LogP contribution in [-0.4, -0.2) is 21.2 Å². The number of carbonyl (C=O) groups excluding carboxylic acids is 2. The Kier molecular flexibility index (Phi) is 8.07. The monoisotopic (exact) mass is 465 g/mol. The normalized spacial score (nSPS) is 11.7. The SMILES string of the molecule is CCCc1nc2cc(NC(=O)CC(C)CC(=O)Nc3ccc(C#N)c(Cl)c3)ccn2c1CC. The summed E-state index contributed by atoms with van der Waals surface area (Å²) in [6.07, 6.45) is 5.20. The third-order valence-corrected chi connectivity index (χ3v) is 5.67. The van der Waals surface area contributed by atoms with Crippen molar-refractivity contribution in [3.63, 3.8) is 0 Å². The van der Waals surface area contributed by atoms with E-state index in [1.807, 2.05) is 31.3 Å². The quantitative estimate of drug-likeness (QED) is 0.443. The van der Waals surface area contributed by atoms with Gasteiger partial charge in [0, 0.05) is 42.2 Å². The van der Waals surface area contributed by atoms with Gasteiger partial charge in [-0.2, -0.15) is 5.26 Å². The number of nitrogens with one attached hydrogen (secondary N) is 2. The average molecular weight is 466 g/mol. The van der Waals surface area contributed by atoms with Crippen molar-refractivity contribution in [1.29, 1.82) is 5.26 Å². The zero-order chi connectivity index (χ0) is 24.0. The molecule has 1 unspecified atom stereocenters. The molecule has 2 amide bonds. The number of imidazole rings is 1. The maximum absolute atomic E-state index is 12.5. The summed E-state index contributed by atoms with van der Waals surface area (Å²) in [5.41, 5.74) is 4.68. The van der Waals surface area contributed by atoms with Crippen LogP contribution in [0.5, 0.6) is 0 Å². The van der Waals surface area contributed by atoms with Crippen LogP contribution >= 0.6 is 11.6 Å². The van der Waals surface area contributed by atoms with E-state index in [2.05, 4.69) is 28.9 Å². The van der Waals surface area contributed by atoms with Gasteiger partial charge in [0.25, 0.3) is 0 Å². The van der Waals surface area contributed by atoms with Gasteiger partial charge in [-0.25, -0.2) is 4.98 Å². The van der Waals surface area contributed by atoms with Gasteiger partial charge in [-0.1, -0.05) is 38.8 Å². The lowest BCUT2D eigenvalue weighted by Gasteiger charge is -2.12. The Labute approximate surface area is 198 Å². The van der Waals surface area contributed by atoms with Crippen molar-refractivity contribution in [1.82, 2.24) is 9.38 Å². The van der Waals surface area contributed by atoms with Crippen LogP contribution < -0.4 is 10.6 Å². The fourth-order valence-corrected chi connectivity index (χ4v) is 4.07. The number of amides is 2. The molecule has 0 aliphatic carbocycles. The van der Waals surface area contributed by atoms with Crippen molar-refractivity contribution in [2.24, 2.45) is 5.92 Å². The lowest BCUT2D eigenvalue weighted by molar-refractivity contribution is -0.118. The van der Waals surface area contributed by atoms with Crippen LogP contribution in [0.3, 0.4) is 0 Å². The van der Waals surface area contributed by atoms with Crippen LogP contribution in [0.4, 0.5) is 11.4 Å². The van der Waals surface area contributed by atoms with E-state index in [-0.39, 0.29) is 35.6 Å². The van der Waals surface area contributed by atoms with Crippen LogP contribution in [0, 0.1) is 17.2 Å². The molecule has 0 radical (unpaired) electrons. The number of nitriles is 1. The van der Waals surface area contributed by atoms with Crippen molar-refractivity contribution in [3.8, 4) is 6.07 Å². The summed E-state index contributed by atoms with van der Waals surface area (Å²) >= 11 is 6.00. The third kappa shape index (κ3) is 6.11. The van der Waals surface area contributed by atoms with E-state index >= 15 is 0 Å². The van der Waals surface area contributed by atoms with Gasteiger partial charge in [-0.3, -0.25) is 9.59 Å². The second-order valence-electron chi connectivity index (χ2n) is 8.17. The first-order valence-electron chi connectivity index (χ1n) is 11.1. The molecule has 172 valence electrons. The molecular weight excluding hydrogens is 438 g/mol. The Balaban J connectivity index is 1.56. The van der Waals surface area contributed by atoms with Crippen molar-refractivity contribution in [2.45, 2.75) is 52.9 Å². The molecule has 1 aromatic carbocycles. The smallest absolute Gasteiger partial charge is 0.224 e. The molecule has 2 heterocycles. The number of nitrogens with zero attached hydrogens (tertiary/aromatic N) is 3. The number of hydrogen-bond acceptors (Lipinski definition) is 4. The van der Waals surface area contributed by atoms with E-state index in [0.717, 1.165) is 30.6 Å². The highest BCUT2D eigenvalue weighted by Gasteiger charge is 2.15.